The Bertz CT molecular complexity index is 1090. The van der Waals surface area contributed by atoms with Crippen LogP contribution in [0.1, 0.15) is 15.2 Å². The molecule has 0 fully saturated rings. The molecule has 0 aliphatic rings. The smallest absolute Gasteiger partial charge is 0.267 e. The normalized spacial score (nSPS) is 11.0. The SMILES string of the molecule is O=C(Nc1ccccc1Cn1cccn1)c1sc2cc(F)ccc2c1Cl. The predicted molar refractivity (Wildman–Crippen MR) is 103 cm³/mol. The van der Waals surface area contributed by atoms with Crippen molar-refractivity contribution in [1.82, 2.24) is 9.78 Å². The van der Waals surface area contributed by atoms with E-state index in [2.05, 4.69) is 10.4 Å². The first-order valence-electron chi connectivity index (χ1n) is 7.86. The van der Waals surface area contributed by atoms with Gasteiger partial charge in [0, 0.05) is 28.2 Å². The van der Waals surface area contributed by atoms with E-state index < -0.39 is 0 Å². The number of amides is 1. The van der Waals surface area contributed by atoms with Crippen LogP contribution >= 0.6 is 22.9 Å². The minimum atomic E-state index is -0.355. The number of anilines is 1. The Morgan fingerprint density at radius 1 is 1.23 bits per heavy atom. The molecule has 1 amide bonds. The summed E-state index contributed by atoms with van der Waals surface area (Å²) < 4.78 is 15.8. The fourth-order valence-corrected chi connectivity index (χ4v) is 4.15. The second-order valence-electron chi connectivity index (χ2n) is 5.70. The lowest BCUT2D eigenvalue weighted by Crippen LogP contribution is -2.13. The van der Waals surface area contributed by atoms with Crippen LogP contribution in [0.3, 0.4) is 0 Å². The zero-order valence-corrected chi connectivity index (χ0v) is 15.0. The highest BCUT2D eigenvalue weighted by Gasteiger charge is 2.18. The molecule has 2 heterocycles. The summed E-state index contributed by atoms with van der Waals surface area (Å²) in [5.41, 5.74) is 1.61. The summed E-state index contributed by atoms with van der Waals surface area (Å²) in [7, 11) is 0. The molecule has 1 N–H and O–H groups in total. The fourth-order valence-electron chi connectivity index (χ4n) is 2.71. The number of benzene rings is 2. The molecule has 4 nitrogen and oxygen atoms in total. The predicted octanol–water partition coefficient (Wildman–Crippen LogP) is 5.19. The second-order valence-corrected chi connectivity index (χ2v) is 7.13. The molecule has 7 heteroatoms. The first-order chi connectivity index (χ1) is 12.6. The average Bonchev–Trinajstić information content (AvgIpc) is 3.24. The lowest BCUT2D eigenvalue weighted by molar-refractivity contribution is 0.103. The van der Waals surface area contributed by atoms with E-state index in [-0.39, 0.29) is 11.7 Å². The van der Waals surface area contributed by atoms with Crippen molar-refractivity contribution in [3.8, 4) is 0 Å². The lowest BCUT2D eigenvalue weighted by atomic mass is 10.1. The fraction of sp³-hybridized carbons (Fsp3) is 0.0526. The van der Waals surface area contributed by atoms with Gasteiger partial charge in [0.1, 0.15) is 10.7 Å². The van der Waals surface area contributed by atoms with Crippen LogP contribution in [0.15, 0.2) is 60.9 Å². The maximum Gasteiger partial charge on any atom is 0.267 e. The van der Waals surface area contributed by atoms with E-state index in [1.165, 1.54) is 23.5 Å². The van der Waals surface area contributed by atoms with Crippen molar-refractivity contribution in [2.24, 2.45) is 0 Å². The summed E-state index contributed by atoms with van der Waals surface area (Å²) in [6.07, 6.45) is 3.56. The molecule has 0 saturated carbocycles. The van der Waals surface area contributed by atoms with E-state index in [0.29, 0.717) is 32.2 Å². The largest absolute Gasteiger partial charge is 0.321 e. The number of hydrogen-bond donors (Lipinski definition) is 1. The molecule has 0 aliphatic carbocycles. The van der Waals surface area contributed by atoms with E-state index in [9.17, 15) is 9.18 Å². The Morgan fingerprint density at radius 3 is 2.88 bits per heavy atom. The van der Waals surface area contributed by atoms with Crippen molar-refractivity contribution in [3.63, 3.8) is 0 Å². The molecule has 130 valence electrons. The van der Waals surface area contributed by atoms with Crippen LogP contribution in [0.4, 0.5) is 10.1 Å². The van der Waals surface area contributed by atoms with Crippen molar-refractivity contribution >= 4 is 44.6 Å². The van der Waals surface area contributed by atoms with E-state index in [1.54, 1.807) is 16.9 Å². The number of nitrogens with zero attached hydrogens (tertiary/aromatic N) is 2. The summed E-state index contributed by atoms with van der Waals surface area (Å²) in [5.74, 6) is -0.670. The molecular formula is C19H13ClFN3OS. The summed E-state index contributed by atoms with van der Waals surface area (Å²) in [6, 6.07) is 13.7. The number of rotatable bonds is 4. The number of thiophene rings is 1. The van der Waals surface area contributed by atoms with E-state index in [0.717, 1.165) is 5.56 Å². The Hall–Kier alpha value is -2.70. The molecule has 0 saturated heterocycles. The number of aromatic nitrogens is 2. The van der Waals surface area contributed by atoms with Gasteiger partial charge in [-0.05, 0) is 35.9 Å². The number of fused-ring (bicyclic) bond motifs is 1. The minimum Gasteiger partial charge on any atom is -0.321 e. The van der Waals surface area contributed by atoms with Gasteiger partial charge in [-0.3, -0.25) is 9.48 Å². The molecular weight excluding hydrogens is 373 g/mol. The summed E-state index contributed by atoms with van der Waals surface area (Å²) in [5, 5.41) is 8.11. The zero-order valence-electron chi connectivity index (χ0n) is 13.4. The van der Waals surface area contributed by atoms with E-state index in [1.807, 2.05) is 36.5 Å². The zero-order chi connectivity index (χ0) is 18.1. The highest BCUT2D eigenvalue weighted by Crippen LogP contribution is 2.36. The summed E-state index contributed by atoms with van der Waals surface area (Å²) in [6.45, 7) is 0.537. The third kappa shape index (κ3) is 3.21. The lowest BCUT2D eigenvalue weighted by Gasteiger charge is -2.11. The average molecular weight is 386 g/mol. The van der Waals surface area contributed by atoms with Crippen LogP contribution in [0, 0.1) is 5.82 Å². The molecule has 0 unspecified atom stereocenters. The Kier molecular flexibility index (Phi) is 4.44. The van der Waals surface area contributed by atoms with Crippen molar-refractivity contribution in [2.45, 2.75) is 6.54 Å². The highest BCUT2D eigenvalue weighted by atomic mass is 35.5. The summed E-state index contributed by atoms with van der Waals surface area (Å²) in [4.78, 5) is 13.1. The van der Waals surface area contributed by atoms with Crippen molar-refractivity contribution in [2.75, 3.05) is 5.32 Å². The van der Waals surface area contributed by atoms with Gasteiger partial charge in [-0.15, -0.1) is 11.3 Å². The minimum absolute atomic E-state index is 0.315. The van der Waals surface area contributed by atoms with Crippen LogP contribution in [0.5, 0.6) is 0 Å². The summed E-state index contributed by atoms with van der Waals surface area (Å²) >= 11 is 7.51. The first kappa shape index (κ1) is 16.8. The molecule has 0 radical (unpaired) electrons. The van der Waals surface area contributed by atoms with Gasteiger partial charge in [-0.25, -0.2) is 4.39 Å². The van der Waals surface area contributed by atoms with Crippen LogP contribution in [0.25, 0.3) is 10.1 Å². The topological polar surface area (TPSA) is 46.9 Å². The van der Waals surface area contributed by atoms with E-state index >= 15 is 0 Å². The molecule has 4 aromatic rings. The molecule has 2 aromatic carbocycles. The van der Waals surface area contributed by atoms with Crippen LogP contribution in [-0.4, -0.2) is 15.7 Å². The van der Waals surface area contributed by atoms with Crippen LogP contribution in [0.2, 0.25) is 5.02 Å². The number of hydrogen-bond acceptors (Lipinski definition) is 3. The molecule has 26 heavy (non-hydrogen) atoms. The third-order valence-electron chi connectivity index (χ3n) is 3.95. The van der Waals surface area contributed by atoms with Gasteiger partial charge in [-0.2, -0.15) is 5.10 Å². The van der Waals surface area contributed by atoms with Gasteiger partial charge in [0.25, 0.3) is 5.91 Å². The maximum atomic E-state index is 13.4. The number of halogens is 2. The monoisotopic (exact) mass is 385 g/mol. The number of carbonyl (C=O) groups excluding carboxylic acids is 1. The quantitative estimate of drug-likeness (QED) is 0.525. The number of carbonyl (C=O) groups is 1. The second kappa shape index (κ2) is 6.90. The third-order valence-corrected chi connectivity index (χ3v) is 5.61. The first-order valence-corrected chi connectivity index (χ1v) is 9.05. The Balaban J connectivity index is 1.64. The molecule has 0 bridgehead atoms. The maximum absolute atomic E-state index is 13.4. The Morgan fingerprint density at radius 2 is 2.08 bits per heavy atom. The highest BCUT2D eigenvalue weighted by molar-refractivity contribution is 7.21. The van der Waals surface area contributed by atoms with Gasteiger partial charge in [-0.1, -0.05) is 29.8 Å². The number of nitrogens with one attached hydrogen (secondary N) is 1. The van der Waals surface area contributed by atoms with Crippen molar-refractivity contribution < 1.29 is 9.18 Å². The standard InChI is InChI=1S/C19H13ClFN3OS/c20-17-14-7-6-13(21)10-16(14)26-18(17)19(25)23-15-5-2-1-4-12(15)11-24-9-3-8-22-24/h1-10H,11H2,(H,23,25). The van der Waals surface area contributed by atoms with Crippen LogP contribution in [-0.2, 0) is 6.54 Å². The van der Waals surface area contributed by atoms with Crippen molar-refractivity contribution in [3.05, 3.63) is 82.2 Å². The van der Waals surface area contributed by atoms with Gasteiger partial charge in [0.15, 0.2) is 0 Å². The van der Waals surface area contributed by atoms with Gasteiger partial charge >= 0.3 is 0 Å². The molecule has 0 aliphatic heterocycles. The van der Waals surface area contributed by atoms with Gasteiger partial charge < -0.3 is 5.32 Å². The molecule has 0 atom stereocenters. The van der Waals surface area contributed by atoms with Gasteiger partial charge in [0.2, 0.25) is 0 Å². The molecule has 0 spiro atoms. The van der Waals surface area contributed by atoms with Crippen molar-refractivity contribution in [1.29, 1.82) is 0 Å². The number of para-hydroxylation sites is 1. The van der Waals surface area contributed by atoms with E-state index in [4.69, 9.17) is 11.6 Å². The Labute approximate surface area is 157 Å². The van der Waals surface area contributed by atoms with Gasteiger partial charge in [0.05, 0.1) is 11.6 Å². The molecule has 4 rings (SSSR count). The van der Waals surface area contributed by atoms with Crippen LogP contribution < -0.4 is 5.32 Å². The molecule has 2 aromatic heterocycles.